The van der Waals surface area contributed by atoms with E-state index in [9.17, 15) is 14.4 Å². The third-order valence-corrected chi connectivity index (χ3v) is 2.75. The van der Waals surface area contributed by atoms with Gasteiger partial charge >= 0.3 is 5.97 Å². The highest BCUT2D eigenvalue weighted by atomic mass is 35.5. The summed E-state index contributed by atoms with van der Waals surface area (Å²) >= 11 is 5.69. The first kappa shape index (κ1) is 15.2. The first-order valence-electron chi connectivity index (χ1n) is 5.69. The van der Waals surface area contributed by atoms with E-state index < -0.39 is 17.9 Å². The molecular weight excluding hydrogens is 270 g/mol. The van der Waals surface area contributed by atoms with Gasteiger partial charge in [0.1, 0.15) is 11.8 Å². The molecule has 0 saturated carbocycles. The van der Waals surface area contributed by atoms with Crippen molar-refractivity contribution in [2.24, 2.45) is 0 Å². The molecule has 0 fully saturated rings. The number of ketones is 1. The standard InChI is InChI=1S/C13H14ClNO4/c1-8(16)2-7-11(13(18)19)15-12(17)9-3-5-10(14)6-4-9/h3-6,11H,2,7H2,1H3,(H,15,17)(H,18,19)/t11-/m1/s1. The molecule has 102 valence electrons. The van der Waals surface area contributed by atoms with Gasteiger partial charge in [-0.2, -0.15) is 0 Å². The number of nitrogens with one attached hydrogen (secondary N) is 1. The topological polar surface area (TPSA) is 83.5 Å². The summed E-state index contributed by atoms with van der Waals surface area (Å²) < 4.78 is 0. The van der Waals surface area contributed by atoms with E-state index in [1.165, 1.54) is 19.1 Å². The van der Waals surface area contributed by atoms with Crippen molar-refractivity contribution in [3.63, 3.8) is 0 Å². The molecule has 0 radical (unpaired) electrons. The van der Waals surface area contributed by atoms with Gasteiger partial charge in [-0.15, -0.1) is 0 Å². The Morgan fingerprint density at radius 3 is 2.32 bits per heavy atom. The molecule has 0 aliphatic heterocycles. The van der Waals surface area contributed by atoms with Gasteiger partial charge in [0.05, 0.1) is 0 Å². The number of benzene rings is 1. The van der Waals surface area contributed by atoms with Crippen molar-refractivity contribution in [1.29, 1.82) is 0 Å². The van der Waals surface area contributed by atoms with Gasteiger partial charge in [-0.05, 0) is 37.6 Å². The molecule has 0 aliphatic rings. The van der Waals surface area contributed by atoms with Crippen molar-refractivity contribution in [2.45, 2.75) is 25.8 Å². The monoisotopic (exact) mass is 283 g/mol. The predicted octanol–water partition coefficient (Wildman–Crippen LogP) is 1.89. The third kappa shape index (κ3) is 5.09. The lowest BCUT2D eigenvalue weighted by Gasteiger charge is -2.13. The predicted molar refractivity (Wildman–Crippen MR) is 70.3 cm³/mol. The number of rotatable bonds is 6. The van der Waals surface area contributed by atoms with Crippen molar-refractivity contribution in [3.05, 3.63) is 34.9 Å². The Kier molecular flexibility index (Phi) is 5.51. The lowest BCUT2D eigenvalue weighted by molar-refractivity contribution is -0.139. The molecule has 1 amide bonds. The van der Waals surface area contributed by atoms with Crippen molar-refractivity contribution in [3.8, 4) is 0 Å². The Bertz CT molecular complexity index is 484. The maximum atomic E-state index is 11.8. The average Bonchev–Trinajstić information content (AvgIpc) is 2.34. The second-order valence-corrected chi connectivity index (χ2v) is 4.55. The molecule has 0 aliphatic carbocycles. The summed E-state index contributed by atoms with van der Waals surface area (Å²) in [6, 6.07) is 5.01. The van der Waals surface area contributed by atoms with Crippen LogP contribution in [0.4, 0.5) is 0 Å². The van der Waals surface area contributed by atoms with Crippen LogP contribution >= 0.6 is 11.6 Å². The van der Waals surface area contributed by atoms with Crippen LogP contribution in [0.3, 0.4) is 0 Å². The number of hydrogen-bond donors (Lipinski definition) is 2. The molecule has 0 heterocycles. The maximum Gasteiger partial charge on any atom is 0.326 e. The zero-order valence-corrected chi connectivity index (χ0v) is 11.1. The van der Waals surface area contributed by atoms with Crippen molar-refractivity contribution in [1.82, 2.24) is 5.32 Å². The van der Waals surface area contributed by atoms with E-state index in [0.29, 0.717) is 10.6 Å². The molecule has 0 saturated heterocycles. The second-order valence-electron chi connectivity index (χ2n) is 4.11. The largest absolute Gasteiger partial charge is 0.480 e. The summed E-state index contributed by atoms with van der Waals surface area (Å²) in [5.41, 5.74) is 0.318. The molecule has 1 aromatic carbocycles. The van der Waals surface area contributed by atoms with Crippen LogP contribution in [0.1, 0.15) is 30.1 Å². The Morgan fingerprint density at radius 2 is 1.84 bits per heavy atom. The quantitative estimate of drug-likeness (QED) is 0.835. The Hall–Kier alpha value is -1.88. The summed E-state index contributed by atoms with van der Waals surface area (Å²) in [7, 11) is 0. The van der Waals surface area contributed by atoms with Crippen LogP contribution in [0.25, 0.3) is 0 Å². The number of Topliss-reactive ketones (excluding diaryl/α,β-unsaturated/α-hetero) is 1. The smallest absolute Gasteiger partial charge is 0.326 e. The van der Waals surface area contributed by atoms with Crippen LogP contribution < -0.4 is 5.32 Å². The Morgan fingerprint density at radius 1 is 1.26 bits per heavy atom. The lowest BCUT2D eigenvalue weighted by Crippen LogP contribution is -2.41. The van der Waals surface area contributed by atoms with Crippen LogP contribution in [-0.4, -0.2) is 28.8 Å². The van der Waals surface area contributed by atoms with Gasteiger partial charge < -0.3 is 15.2 Å². The summed E-state index contributed by atoms with van der Waals surface area (Å²) in [6.45, 7) is 1.37. The molecule has 0 unspecified atom stereocenters. The van der Waals surface area contributed by atoms with E-state index in [0.717, 1.165) is 0 Å². The van der Waals surface area contributed by atoms with E-state index in [1.807, 2.05) is 0 Å². The highest BCUT2D eigenvalue weighted by Crippen LogP contribution is 2.10. The zero-order valence-electron chi connectivity index (χ0n) is 10.4. The number of aliphatic carboxylic acids is 1. The summed E-state index contributed by atoms with van der Waals surface area (Å²) in [5, 5.41) is 11.8. The third-order valence-electron chi connectivity index (χ3n) is 2.49. The fourth-order valence-electron chi connectivity index (χ4n) is 1.45. The molecule has 2 N–H and O–H groups in total. The van der Waals surface area contributed by atoms with E-state index in [2.05, 4.69) is 5.32 Å². The van der Waals surface area contributed by atoms with Gasteiger partial charge in [0, 0.05) is 17.0 Å². The molecule has 1 atom stereocenters. The number of carboxylic acid groups (broad SMARTS) is 1. The number of carboxylic acids is 1. The Labute approximate surface area is 115 Å². The first-order chi connectivity index (χ1) is 8.90. The number of amides is 1. The fraction of sp³-hybridized carbons (Fsp3) is 0.308. The van der Waals surface area contributed by atoms with E-state index in [4.69, 9.17) is 16.7 Å². The number of carbonyl (C=O) groups is 3. The number of carbonyl (C=O) groups excluding carboxylic acids is 2. The first-order valence-corrected chi connectivity index (χ1v) is 6.06. The number of hydrogen-bond acceptors (Lipinski definition) is 3. The van der Waals surface area contributed by atoms with Crippen LogP contribution in [-0.2, 0) is 9.59 Å². The zero-order chi connectivity index (χ0) is 14.4. The molecule has 5 nitrogen and oxygen atoms in total. The molecule has 6 heteroatoms. The van der Waals surface area contributed by atoms with Gasteiger partial charge in [-0.1, -0.05) is 11.6 Å². The fourth-order valence-corrected chi connectivity index (χ4v) is 1.57. The molecule has 1 aromatic rings. The van der Waals surface area contributed by atoms with Crippen LogP contribution in [0.2, 0.25) is 5.02 Å². The van der Waals surface area contributed by atoms with Gasteiger partial charge in [-0.25, -0.2) is 4.79 Å². The van der Waals surface area contributed by atoms with Crippen molar-refractivity contribution < 1.29 is 19.5 Å². The molecule has 1 rings (SSSR count). The van der Waals surface area contributed by atoms with Crippen molar-refractivity contribution >= 4 is 29.3 Å². The van der Waals surface area contributed by atoms with Crippen LogP contribution in [0.5, 0.6) is 0 Å². The minimum absolute atomic E-state index is 0.0734. The normalized spacial score (nSPS) is 11.7. The van der Waals surface area contributed by atoms with E-state index >= 15 is 0 Å². The molecule has 0 bridgehead atoms. The summed E-state index contributed by atoms with van der Waals surface area (Å²) in [4.78, 5) is 33.6. The van der Waals surface area contributed by atoms with Gasteiger partial charge in [-0.3, -0.25) is 4.79 Å². The average molecular weight is 284 g/mol. The molecule has 19 heavy (non-hydrogen) atoms. The van der Waals surface area contributed by atoms with E-state index in [1.54, 1.807) is 12.1 Å². The Balaban J connectivity index is 2.68. The molecule has 0 aromatic heterocycles. The SMILES string of the molecule is CC(=O)CC[C@@H](NC(=O)c1ccc(Cl)cc1)C(=O)O. The summed E-state index contributed by atoms with van der Waals surface area (Å²) in [5.74, 6) is -1.79. The van der Waals surface area contributed by atoms with Gasteiger partial charge in [0.2, 0.25) is 0 Å². The highest BCUT2D eigenvalue weighted by molar-refractivity contribution is 6.30. The minimum atomic E-state index is -1.16. The molecule has 0 spiro atoms. The minimum Gasteiger partial charge on any atom is -0.480 e. The van der Waals surface area contributed by atoms with E-state index in [-0.39, 0.29) is 18.6 Å². The van der Waals surface area contributed by atoms with Crippen molar-refractivity contribution in [2.75, 3.05) is 0 Å². The van der Waals surface area contributed by atoms with Crippen LogP contribution in [0, 0.1) is 0 Å². The number of halogens is 1. The highest BCUT2D eigenvalue weighted by Gasteiger charge is 2.20. The maximum absolute atomic E-state index is 11.8. The van der Waals surface area contributed by atoms with Gasteiger partial charge in [0.15, 0.2) is 0 Å². The summed E-state index contributed by atoms with van der Waals surface area (Å²) in [6.07, 6.45) is 0.182. The van der Waals surface area contributed by atoms with Gasteiger partial charge in [0.25, 0.3) is 5.91 Å². The molecular formula is C13H14ClNO4. The lowest BCUT2D eigenvalue weighted by atomic mass is 10.1. The second kappa shape index (κ2) is 6.89. The van der Waals surface area contributed by atoms with Crippen LogP contribution in [0.15, 0.2) is 24.3 Å².